The van der Waals surface area contributed by atoms with Crippen LogP contribution < -0.4 is 10.6 Å². The summed E-state index contributed by atoms with van der Waals surface area (Å²) >= 11 is 0. The monoisotopic (exact) mass is 342 g/mol. The van der Waals surface area contributed by atoms with Gasteiger partial charge in [-0.05, 0) is 32.9 Å². The van der Waals surface area contributed by atoms with Crippen LogP contribution in [-0.2, 0) is 19.1 Å². The zero-order valence-electron chi connectivity index (χ0n) is 13.7. The van der Waals surface area contributed by atoms with Gasteiger partial charge in [-0.1, -0.05) is 0 Å². The van der Waals surface area contributed by atoms with E-state index in [2.05, 4.69) is 10.6 Å². The molecular weight excluding hydrogens is 322 g/mol. The molecule has 2 atom stereocenters. The first-order valence-corrected chi connectivity index (χ1v) is 7.45. The van der Waals surface area contributed by atoms with Crippen LogP contribution in [0.3, 0.4) is 0 Å². The summed E-state index contributed by atoms with van der Waals surface area (Å²) in [6, 6.07) is 2.03. The second-order valence-corrected chi connectivity index (χ2v) is 5.29. The predicted octanol–water partition coefficient (Wildman–Crippen LogP) is 2.00. The molecule has 0 aliphatic carbocycles. The lowest BCUT2D eigenvalue weighted by Gasteiger charge is -2.17. The number of benzene rings is 1. The number of ether oxygens (including phenoxy) is 1. The highest BCUT2D eigenvalue weighted by Gasteiger charge is 2.24. The van der Waals surface area contributed by atoms with Gasteiger partial charge in [0.05, 0.1) is 13.0 Å². The Hall–Kier alpha value is -2.51. The lowest BCUT2D eigenvalue weighted by Crippen LogP contribution is -2.41. The number of esters is 1. The van der Waals surface area contributed by atoms with Crippen LogP contribution in [0.15, 0.2) is 18.2 Å². The van der Waals surface area contributed by atoms with E-state index in [0.717, 1.165) is 12.1 Å². The number of halogens is 2. The molecule has 0 spiro atoms. The molecule has 0 saturated carbocycles. The molecule has 6 nitrogen and oxygen atoms in total. The summed E-state index contributed by atoms with van der Waals surface area (Å²) in [4.78, 5) is 35.3. The first kappa shape index (κ1) is 19.5. The van der Waals surface area contributed by atoms with Crippen molar-refractivity contribution in [3.8, 4) is 0 Å². The van der Waals surface area contributed by atoms with Crippen LogP contribution in [0.2, 0.25) is 0 Å². The number of carbonyl (C=O) groups excluding carboxylic acids is 3. The first-order valence-electron chi connectivity index (χ1n) is 7.45. The van der Waals surface area contributed by atoms with Crippen molar-refractivity contribution in [1.82, 2.24) is 5.32 Å². The molecule has 0 aromatic heterocycles. The van der Waals surface area contributed by atoms with Crippen LogP contribution in [-0.4, -0.2) is 30.4 Å². The number of nitrogens with one attached hydrogen (secondary N) is 2. The maximum atomic E-state index is 13.1. The van der Waals surface area contributed by atoms with Crippen molar-refractivity contribution in [3.05, 3.63) is 29.8 Å². The minimum absolute atomic E-state index is 0.0248. The Morgan fingerprint density at radius 3 is 2.21 bits per heavy atom. The maximum absolute atomic E-state index is 13.1. The summed E-state index contributed by atoms with van der Waals surface area (Å²) in [6.07, 6.45) is -0.0248. The van der Waals surface area contributed by atoms with Gasteiger partial charge in [-0.15, -0.1) is 0 Å². The van der Waals surface area contributed by atoms with Gasteiger partial charge in [0.15, 0.2) is 0 Å². The second kappa shape index (κ2) is 8.95. The zero-order chi connectivity index (χ0) is 18.3. The average molecular weight is 342 g/mol. The van der Waals surface area contributed by atoms with Crippen molar-refractivity contribution in [3.63, 3.8) is 0 Å². The summed E-state index contributed by atoms with van der Waals surface area (Å²) in [6.45, 7) is 4.85. The number of rotatable bonds is 7. The lowest BCUT2D eigenvalue weighted by molar-refractivity contribution is -0.143. The maximum Gasteiger partial charge on any atom is 0.307 e. The predicted molar refractivity (Wildman–Crippen MR) is 83.0 cm³/mol. The van der Waals surface area contributed by atoms with Gasteiger partial charge in [0.25, 0.3) is 0 Å². The standard InChI is InChI=1S/C16H20F2N2O4/c1-4-24-14(21)5-9(2)19-15(22)10(3)16(23)20-13-7-11(17)6-12(18)8-13/h6-10H,4-5H2,1-3H3,(H,19,22)(H,20,23)/t9-,10?/m0/s1. The van der Waals surface area contributed by atoms with E-state index < -0.39 is 41.4 Å². The summed E-state index contributed by atoms with van der Waals surface area (Å²) in [5.74, 6) is -4.59. The van der Waals surface area contributed by atoms with Crippen molar-refractivity contribution >= 4 is 23.5 Å². The van der Waals surface area contributed by atoms with Gasteiger partial charge in [0.2, 0.25) is 11.8 Å². The normalized spacial score (nSPS) is 12.9. The lowest BCUT2D eigenvalue weighted by atomic mass is 10.1. The number of hydrogen-bond donors (Lipinski definition) is 2. The van der Waals surface area contributed by atoms with Crippen LogP contribution in [0.1, 0.15) is 27.2 Å². The highest BCUT2D eigenvalue weighted by atomic mass is 19.1. The Bertz CT molecular complexity index is 602. The average Bonchev–Trinajstić information content (AvgIpc) is 2.44. The van der Waals surface area contributed by atoms with Crippen molar-refractivity contribution < 1.29 is 27.9 Å². The van der Waals surface area contributed by atoms with Gasteiger partial charge >= 0.3 is 5.97 Å². The molecular formula is C16H20F2N2O4. The van der Waals surface area contributed by atoms with E-state index in [1.807, 2.05) is 0 Å². The number of carbonyl (C=O) groups is 3. The molecule has 0 aliphatic rings. The SMILES string of the molecule is CCOC(=O)C[C@H](C)NC(=O)C(C)C(=O)Nc1cc(F)cc(F)c1. The fourth-order valence-electron chi connectivity index (χ4n) is 1.88. The Labute approximate surface area is 138 Å². The number of amides is 2. The molecule has 0 saturated heterocycles. The third kappa shape index (κ3) is 6.31. The fraction of sp³-hybridized carbons (Fsp3) is 0.438. The van der Waals surface area contributed by atoms with Gasteiger partial charge in [0, 0.05) is 17.8 Å². The minimum atomic E-state index is -1.11. The van der Waals surface area contributed by atoms with Crippen molar-refractivity contribution in [2.24, 2.45) is 5.92 Å². The molecule has 0 radical (unpaired) electrons. The molecule has 2 amide bonds. The largest absolute Gasteiger partial charge is 0.466 e. The molecule has 0 heterocycles. The van der Waals surface area contributed by atoms with E-state index in [0.29, 0.717) is 6.07 Å². The van der Waals surface area contributed by atoms with Crippen LogP contribution in [0.4, 0.5) is 14.5 Å². The molecule has 1 unspecified atom stereocenters. The van der Waals surface area contributed by atoms with Crippen molar-refractivity contribution in [2.45, 2.75) is 33.2 Å². The van der Waals surface area contributed by atoms with Gasteiger partial charge < -0.3 is 15.4 Å². The third-order valence-electron chi connectivity index (χ3n) is 3.08. The first-order chi connectivity index (χ1) is 11.2. The molecule has 24 heavy (non-hydrogen) atoms. The summed E-state index contributed by atoms with van der Waals surface area (Å²) in [5.41, 5.74) is -0.0864. The van der Waals surface area contributed by atoms with Gasteiger partial charge in [-0.2, -0.15) is 0 Å². The van der Waals surface area contributed by atoms with Crippen molar-refractivity contribution in [2.75, 3.05) is 11.9 Å². The molecule has 132 valence electrons. The Morgan fingerprint density at radius 1 is 1.08 bits per heavy atom. The van der Waals surface area contributed by atoms with Crippen LogP contribution in [0.25, 0.3) is 0 Å². The van der Waals surface area contributed by atoms with Crippen LogP contribution in [0.5, 0.6) is 0 Å². The van der Waals surface area contributed by atoms with Crippen LogP contribution >= 0.6 is 0 Å². The second-order valence-electron chi connectivity index (χ2n) is 5.29. The Kier molecular flexibility index (Phi) is 7.29. The Morgan fingerprint density at radius 2 is 1.67 bits per heavy atom. The zero-order valence-corrected chi connectivity index (χ0v) is 13.7. The highest BCUT2D eigenvalue weighted by molar-refractivity contribution is 6.06. The third-order valence-corrected chi connectivity index (χ3v) is 3.08. The molecule has 8 heteroatoms. The smallest absolute Gasteiger partial charge is 0.307 e. The summed E-state index contributed by atoms with van der Waals surface area (Å²) in [7, 11) is 0. The molecule has 2 N–H and O–H groups in total. The van der Waals surface area contributed by atoms with E-state index in [4.69, 9.17) is 4.74 Å². The molecule has 1 rings (SSSR count). The summed E-state index contributed by atoms with van der Waals surface area (Å²) < 4.78 is 30.9. The summed E-state index contributed by atoms with van der Waals surface area (Å²) in [5, 5.41) is 4.78. The fourth-order valence-corrected chi connectivity index (χ4v) is 1.88. The van der Waals surface area contributed by atoms with Crippen LogP contribution in [0, 0.1) is 17.6 Å². The quantitative estimate of drug-likeness (QED) is 0.586. The number of anilines is 1. The Balaban J connectivity index is 2.58. The number of hydrogen-bond acceptors (Lipinski definition) is 4. The molecule has 0 bridgehead atoms. The molecule has 0 aliphatic heterocycles. The van der Waals surface area contributed by atoms with Crippen molar-refractivity contribution in [1.29, 1.82) is 0 Å². The highest BCUT2D eigenvalue weighted by Crippen LogP contribution is 2.14. The van der Waals surface area contributed by atoms with E-state index in [-0.39, 0.29) is 18.7 Å². The topological polar surface area (TPSA) is 84.5 Å². The van der Waals surface area contributed by atoms with Gasteiger partial charge in [-0.25, -0.2) is 8.78 Å². The molecule has 0 fully saturated rings. The molecule has 1 aromatic rings. The van der Waals surface area contributed by atoms with E-state index in [9.17, 15) is 23.2 Å². The van der Waals surface area contributed by atoms with E-state index in [1.54, 1.807) is 13.8 Å². The van der Waals surface area contributed by atoms with E-state index >= 15 is 0 Å². The van der Waals surface area contributed by atoms with Gasteiger partial charge in [0.1, 0.15) is 17.6 Å². The minimum Gasteiger partial charge on any atom is -0.466 e. The van der Waals surface area contributed by atoms with E-state index in [1.165, 1.54) is 6.92 Å². The molecule has 1 aromatic carbocycles. The van der Waals surface area contributed by atoms with Gasteiger partial charge in [-0.3, -0.25) is 14.4 Å².